The molecule has 1 saturated heterocycles. The van der Waals surface area contributed by atoms with Crippen LogP contribution in [0, 0.1) is 5.92 Å². The lowest BCUT2D eigenvalue weighted by atomic mass is 9.96. The van der Waals surface area contributed by atoms with Gasteiger partial charge in [0.05, 0.1) is 22.4 Å². The van der Waals surface area contributed by atoms with Crippen molar-refractivity contribution in [3.63, 3.8) is 0 Å². The molecule has 9 heteroatoms. The lowest BCUT2D eigenvalue weighted by Gasteiger charge is -2.32. The molecule has 0 spiro atoms. The average molecular weight is 417 g/mol. The number of piperidine rings is 1. The first-order valence-corrected chi connectivity index (χ1v) is 10.3. The molecule has 1 fully saturated rings. The molecule has 1 aliphatic rings. The van der Waals surface area contributed by atoms with Gasteiger partial charge in [0.1, 0.15) is 0 Å². The van der Waals surface area contributed by atoms with Crippen LogP contribution in [-0.4, -0.2) is 51.3 Å². The summed E-state index contributed by atoms with van der Waals surface area (Å²) in [5, 5.41) is 3.66. The van der Waals surface area contributed by atoms with Crippen molar-refractivity contribution in [2.75, 3.05) is 25.0 Å². The summed E-state index contributed by atoms with van der Waals surface area (Å²) in [4.78, 5) is 28.1. The highest BCUT2D eigenvalue weighted by atomic mass is 32.1. The Bertz CT molecular complexity index is 998. The summed E-state index contributed by atoms with van der Waals surface area (Å²) in [7, 11) is 0. The van der Waals surface area contributed by atoms with Gasteiger partial charge in [0.15, 0.2) is 0 Å². The fourth-order valence-electron chi connectivity index (χ4n) is 3.55. The number of amides is 1. The third-order valence-corrected chi connectivity index (χ3v) is 5.82. The number of hydrogen-bond acceptors (Lipinski definition) is 6. The lowest BCUT2D eigenvalue weighted by Crippen LogP contribution is -2.42. The van der Waals surface area contributed by atoms with Crippen LogP contribution in [-0.2, 0) is 4.79 Å². The summed E-state index contributed by atoms with van der Waals surface area (Å²) in [6.07, 6.45) is 4.58. The van der Waals surface area contributed by atoms with Crippen LogP contribution in [0.25, 0.3) is 21.3 Å². The smallest absolute Gasteiger partial charge is 0.257 e. The number of benzene rings is 1. The van der Waals surface area contributed by atoms with Crippen LogP contribution in [0.5, 0.6) is 0 Å². The topological polar surface area (TPSA) is 71.0 Å². The van der Waals surface area contributed by atoms with Crippen LogP contribution in [0.4, 0.5) is 14.7 Å². The SMILES string of the molecule is CC(F)(F)CN1CCC(C(=O)Nc2ncc3ccc(-c4cncs4)cc3n2)CC1. The van der Waals surface area contributed by atoms with Crippen LogP contribution in [0.3, 0.4) is 0 Å². The van der Waals surface area contributed by atoms with Gasteiger partial charge in [-0.3, -0.25) is 20.0 Å². The number of carbonyl (C=O) groups excluding carboxylic acids is 1. The molecule has 0 bridgehead atoms. The van der Waals surface area contributed by atoms with E-state index in [4.69, 9.17) is 0 Å². The number of alkyl halides is 2. The van der Waals surface area contributed by atoms with Crippen molar-refractivity contribution in [3.05, 3.63) is 36.1 Å². The van der Waals surface area contributed by atoms with Crippen LogP contribution >= 0.6 is 11.3 Å². The van der Waals surface area contributed by atoms with Crippen LogP contribution in [0.2, 0.25) is 0 Å². The fourth-order valence-corrected chi connectivity index (χ4v) is 4.17. The zero-order chi connectivity index (χ0) is 20.4. The molecule has 2 aromatic heterocycles. The molecule has 6 nitrogen and oxygen atoms in total. The monoisotopic (exact) mass is 417 g/mol. The second-order valence-electron chi connectivity index (χ2n) is 7.44. The van der Waals surface area contributed by atoms with Gasteiger partial charge >= 0.3 is 0 Å². The molecule has 1 aliphatic heterocycles. The maximum Gasteiger partial charge on any atom is 0.257 e. The van der Waals surface area contributed by atoms with E-state index in [1.54, 1.807) is 34.1 Å². The Morgan fingerprint density at radius 1 is 1.31 bits per heavy atom. The van der Waals surface area contributed by atoms with Crippen molar-refractivity contribution in [2.45, 2.75) is 25.7 Å². The molecular weight excluding hydrogens is 396 g/mol. The zero-order valence-electron chi connectivity index (χ0n) is 15.9. The number of nitrogens with zero attached hydrogens (tertiary/aromatic N) is 4. The minimum atomic E-state index is -2.72. The van der Waals surface area contributed by atoms with E-state index >= 15 is 0 Å². The lowest BCUT2D eigenvalue weighted by molar-refractivity contribution is -0.121. The number of thiazole rings is 1. The first-order chi connectivity index (χ1) is 13.9. The quantitative estimate of drug-likeness (QED) is 0.678. The zero-order valence-corrected chi connectivity index (χ0v) is 16.8. The fraction of sp³-hybridized carbons (Fsp3) is 0.400. The van der Waals surface area contributed by atoms with Crippen LogP contribution in [0.1, 0.15) is 19.8 Å². The Kier molecular flexibility index (Phi) is 5.51. The van der Waals surface area contributed by atoms with Crippen molar-refractivity contribution in [1.82, 2.24) is 19.9 Å². The summed E-state index contributed by atoms with van der Waals surface area (Å²) >= 11 is 1.55. The number of hydrogen-bond donors (Lipinski definition) is 1. The van der Waals surface area contributed by atoms with E-state index < -0.39 is 5.92 Å². The maximum absolute atomic E-state index is 13.2. The number of halogens is 2. The van der Waals surface area contributed by atoms with E-state index in [0.717, 1.165) is 28.3 Å². The number of likely N-dealkylation sites (tertiary alicyclic amines) is 1. The van der Waals surface area contributed by atoms with E-state index in [0.29, 0.717) is 25.9 Å². The number of anilines is 1. The van der Waals surface area contributed by atoms with Gasteiger partial charge in [0, 0.05) is 30.6 Å². The van der Waals surface area contributed by atoms with Gasteiger partial charge < -0.3 is 0 Å². The highest BCUT2D eigenvalue weighted by Gasteiger charge is 2.30. The van der Waals surface area contributed by atoms with Gasteiger partial charge in [-0.05, 0) is 37.6 Å². The third-order valence-electron chi connectivity index (χ3n) is 4.99. The summed E-state index contributed by atoms with van der Waals surface area (Å²) in [5.41, 5.74) is 3.52. The number of aromatic nitrogens is 3. The van der Waals surface area contributed by atoms with Gasteiger partial charge in [-0.15, -0.1) is 11.3 Å². The Morgan fingerprint density at radius 3 is 2.79 bits per heavy atom. The molecule has 1 N–H and O–H groups in total. The number of rotatable bonds is 5. The maximum atomic E-state index is 13.2. The summed E-state index contributed by atoms with van der Waals surface area (Å²) in [5.74, 6) is -2.84. The molecule has 0 radical (unpaired) electrons. The normalized spacial score (nSPS) is 16.2. The largest absolute Gasteiger partial charge is 0.297 e. The Hall–Kier alpha value is -2.52. The molecule has 4 rings (SSSR count). The molecule has 3 aromatic rings. The molecule has 0 unspecified atom stereocenters. The van der Waals surface area contributed by atoms with Crippen molar-refractivity contribution in [2.24, 2.45) is 5.92 Å². The van der Waals surface area contributed by atoms with Gasteiger partial charge in [0.25, 0.3) is 5.92 Å². The van der Waals surface area contributed by atoms with E-state index in [2.05, 4.69) is 20.3 Å². The molecule has 29 heavy (non-hydrogen) atoms. The van der Waals surface area contributed by atoms with Gasteiger partial charge in [-0.2, -0.15) is 0 Å². The van der Waals surface area contributed by atoms with Crippen molar-refractivity contribution >= 4 is 34.1 Å². The third kappa shape index (κ3) is 4.91. The second kappa shape index (κ2) is 8.08. The Labute approximate surface area is 171 Å². The summed E-state index contributed by atoms with van der Waals surface area (Å²) in [6, 6.07) is 5.88. The van der Waals surface area contributed by atoms with Gasteiger partial charge in [-0.25, -0.2) is 18.7 Å². The molecule has 1 amide bonds. The van der Waals surface area contributed by atoms with Crippen LogP contribution < -0.4 is 5.32 Å². The first-order valence-electron chi connectivity index (χ1n) is 9.44. The molecular formula is C20H21F2N5OS. The van der Waals surface area contributed by atoms with E-state index in [1.807, 2.05) is 18.2 Å². The number of nitrogens with one attached hydrogen (secondary N) is 1. The molecule has 0 saturated carbocycles. The molecule has 152 valence electrons. The Balaban J connectivity index is 1.42. The van der Waals surface area contributed by atoms with E-state index in [9.17, 15) is 13.6 Å². The van der Waals surface area contributed by atoms with Gasteiger partial charge in [-0.1, -0.05) is 12.1 Å². The van der Waals surface area contributed by atoms with Crippen molar-refractivity contribution < 1.29 is 13.6 Å². The molecule has 3 heterocycles. The standard InChI is InChI=1S/C20H21F2N5OS/c1-20(21,22)11-27-6-4-13(5-7-27)18(28)26-19-24-9-15-3-2-14(8-16(15)25-19)17-10-23-12-29-17/h2-3,8-10,12-13H,4-7,11H2,1H3,(H,24,25,26,28). The molecule has 0 atom stereocenters. The van der Waals surface area contributed by atoms with Gasteiger partial charge in [0.2, 0.25) is 11.9 Å². The minimum Gasteiger partial charge on any atom is -0.297 e. The summed E-state index contributed by atoms with van der Waals surface area (Å²) in [6.45, 7) is 1.62. The predicted molar refractivity (Wildman–Crippen MR) is 109 cm³/mol. The molecule has 1 aromatic carbocycles. The van der Waals surface area contributed by atoms with E-state index in [-0.39, 0.29) is 24.3 Å². The Morgan fingerprint density at radius 2 is 2.10 bits per heavy atom. The molecule has 0 aliphatic carbocycles. The average Bonchev–Trinajstić information content (AvgIpc) is 3.21. The predicted octanol–water partition coefficient (Wildman–Crippen LogP) is 4.06. The van der Waals surface area contributed by atoms with Crippen LogP contribution in [0.15, 0.2) is 36.1 Å². The highest BCUT2D eigenvalue weighted by Crippen LogP contribution is 2.27. The second-order valence-corrected chi connectivity index (χ2v) is 8.33. The van der Waals surface area contributed by atoms with Crippen molar-refractivity contribution in [1.29, 1.82) is 0 Å². The first kappa shape index (κ1) is 19.8. The number of carbonyl (C=O) groups is 1. The highest BCUT2D eigenvalue weighted by molar-refractivity contribution is 7.13. The van der Waals surface area contributed by atoms with Crippen molar-refractivity contribution in [3.8, 4) is 10.4 Å². The van der Waals surface area contributed by atoms with E-state index in [1.165, 1.54) is 0 Å². The number of fused-ring (bicyclic) bond motifs is 1. The minimum absolute atomic E-state index is 0.161. The summed E-state index contributed by atoms with van der Waals surface area (Å²) < 4.78 is 26.3.